The zero-order valence-electron chi connectivity index (χ0n) is 9.64. The predicted octanol–water partition coefficient (Wildman–Crippen LogP) is 0.302. The van der Waals surface area contributed by atoms with Crippen LogP contribution in [0, 0.1) is 11.3 Å². The molecule has 1 rings (SSSR count). The third kappa shape index (κ3) is 3.83. The molecule has 0 spiro atoms. The van der Waals surface area contributed by atoms with Crippen LogP contribution in [0.4, 0.5) is 0 Å². The molecule has 0 saturated carbocycles. The van der Waals surface area contributed by atoms with Crippen LogP contribution < -0.4 is 5.32 Å². The first-order chi connectivity index (χ1) is 8.21. The van der Waals surface area contributed by atoms with E-state index < -0.39 is 6.29 Å². The van der Waals surface area contributed by atoms with Gasteiger partial charge in [-0.2, -0.15) is 5.26 Å². The van der Waals surface area contributed by atoms with Gasteiger partial charge in [0.2, 0.25) is 0 Å². The molecule has 1 heterocycles. The van der Waals surface area contributed by atoms with Crippen LogP contribution in [-0.2, 0) is 9.47 Å². The fourth-order valence-corrected chi connectivity index (χ4v) is 1.12. The monoisotopic (exact) mass is 235 g/mol. The third-order valence-electron chi connectivity index (χ3n) is 2.08. The number of methoxy groups -OCH3 is 2. The summed E-state index contributed by atoms with van der Waals surface area (Å²) in [6.45, 7) is 0.230. The summed E-state index contributed by atoms with van der Waals surface area (Å²) < 4.78 is 9.84. The van der Waals surface area contributed by atoms with Crippen molar-refractivity contribution in [3.63, 3.8) is 0 Å². The van der Waals surface area contributed by atoms with Gasteiger partial charge >= 0.3 is 0 Å². The average Bonchev–Trinajstić information content (AvgIpc) is 2.39. The second kappa shape index (κ2) is 6.58. The molecule has 1 N–H and O–H groups in total. The molecule has 0 aliphatic heterocycles. The summed E-state index contributed by atoms with van der Waals surface area (Å²) in [5, 5.41) is 11.2. The summed E-state index contributed by atoms with van der Waals surface area (Å²) in [6, 6.07) is 4.95. The first-order valence-electron chi connectivity index (χ1n) is 4.91. The van der Waals surface area contributed by atoms with Crippen LogP contribution >= 0.6 is 0 Å². The van der Waals surface area contributed by atoms with Crippen molar-refractivity contribution in [2.75, 3.05) is 20.8 Å². The van der Waals surface area contributed by atoms with E-state index in [0.29, 0.717) is 5.56 Å². The van der Waals surface area contributed by atoms with Gasteiger partial charge < -0.3 is 14.8 Å². The maximum atomic E-state index is 11.6. The van der Waals surface area contributed by atoms with E-state index in [-0.39, 0.29) is 18.1 Å². The van der Waals surface area contributed by atoms with Gasteiger partial charge in [0, 0.05) is 20.4 Å². The Morgan fingerprint density at radius 2 is 2.24 bits per heavy atom. The SMILES string of the molecule is COC(CNC(=O)c1ccc(C#N)cn1)OC. The maximum Gasteiger partial charge on any atom is 0.270 e. The number of pyridine rings is 1. The molecule has 90 valence electrons. The van der Waals surface area contributed by atoms with E-state index in [1.165, 1.54) is 32.5 Å². The van der Waals surface area contributed by atoms with Crippen molar-refractivity contribution in [2.45, 2.75) is 6.29 Å². The molecule has 0 aromatic carbocycles. The van der Waals surface area contributed by atoms with Gasteiger partial charge in [0.15, 0.2) is 6.29 Å². The second-order valence-corrected chi connectivity index (χ2v) is 3.15. The summed E-state index contributed by atoms with van der Waals surface area (Å²) >= 11 is 0. The second-order valence-electron chi connectivity index (χ2n) is 3.15. The van der Waals surface area contributed by atoms with E-state index in [1.54, 1.807) is 0 Å². The number of nitriles is 1. The summed E-state index contributed by atoms with van der Waals surface area (Å²) in [4.78, 5) is 15.5. The molecule has 6 nitrogen and oxygen atoms in total. The number of aromatic nitrogens is 1. The number of nitrogens with one attached hydrogen (secondary N) is 1. The van der Waals surface area contributed by atoms with E-state index in [1.807, 2.05) is 6.07 Å². The van der Waals surface area contributed by atoms with E-state index in [2.05, 4.69) is 10.3 Å². The van der Waals surface area contributed by atoms with Crippen molar-refractivity contribution in [1.82, 2.24) is 10.3 Å². The fraction of sp³-hybridized carbons (Fsp3) is 0.364. The van der Waals surface area contributed by atoms with Gasteiger partial charge in [-0.05, 0) is 12.1 Å². The topological polar surface area (TPSA) is 84.2 Å². The number of amides is 1. The average molecular weight is 235 g/mol. The van der Waals surface area contributed by atoms with Crippen molar-refractivity contribution >= 4 is 5.91 Å². The molecule has 0 aliphatic carbocycles. The fourth-order valence-electron chi connectivity index (χ4n) is 1.12. The minimum Gasteiger partial charge on any atom is -0.354 e. The van der Waals surface area contributed by atoms with E-state index in [4.69, 9.17) is 14.7 Å². The van der Waals surface area contributed by atoms with E-state index >= 15 is 0 Å². The normalized spacial score (nSPS) is 10.0. The summed E-state index contributed by atoms with van der Waals surface area (Å²) in [7, 11) is 2.97. The summed E-state index contributed by atoms with van der Waals surface area (Å²) in [5.41, 5.74) is 0.656. The van der Waals surface area contributed by atoms with Crippen LogP contribution in [0.5, 0.6) is 0 Å². The Morgan fingerprint density at radius 1 is 1.53 bits per heavy atom. The van der Waals surface area contributed by atoms with Gasteiger partial charge in [0.25, 0.3) is 5.91 Å². The Morgan fingerprint density at radius 3 is 2.71 bits per heavy atom. The minimum absolute atomic E-state index is 0.230. The van der Waals surface area contributed by atoms with Crippen LogP contribution in [0.25, 0.3) is 0 Å². The molecule has 0 unspecified atom stereocenters. The molecule has 1 aromatic heterocycles. The molecule has 0 radical (unpaired) electrons. The van der Waals surface area contributed by atoms with Gasteiger partial charge in [-0.15, -0.1) is 0 Å². The molecule has 0 saturated heterocycles. The zero-order chi connectivity index (χ0) is 12.7. The zero-order valence-corrected chi connectivity index (χ0v) is 9.64. The highest BCUT2D eigenvalue weighted by molar-refractivity contribution is 5.92. The van der Waals surface area contributed by atoms with Gasteiger partial charge in [0.1, 0.15) is 11.8 Å². The highest BCUT2D eigenvalue weighted by atomic mass is 16.7. The lowest BCUT2D eigenvalue weighted by molar-refractivity contribution is -0.0974. The van der Waals surface area contributed by atoms with Crippen molar-refractivity contribution in [1.29, 1.82) is 5.26 Å². The lowest BCUT2D eigenvalue weighted by Gasteiger charge is -2.13. The molecule has 6 heteroatoms. The Labute approximate surface area is 99.2 Å². The minimum atomic E-state index is -0.489. The Balaban J connectivity index is 2.55. The van der Waals surface area contributed by atoms with Crippen molar-refractivity contribution in [3.8, 4) is 6.07 Å². The van der Waals surface area contributed by atoms with Crippen LogP contribution in [0.15, 0.2) is 18.3 Å². The molecule has 0 fully saturated rings. The Bertz CT molecular complexity index is 407. The molecule has 0 atom stereocenters. The number of carbonyl (C=O) groups excluding carboxylic acids is 1. The highest BCUT2D eigenvalue weighted by Gasteiger charge is 2.10. The Kier molecular flexibility index (Phi) is 5.07. The van der Waals surface area contributed by atoms with Crippen LogP contribution in [0.3, 0.4) is 0 Å². The first-order valence-corrected chi connectivity index (χ1v) is 4.91. The lowest BCUT2D eigenvalue weighted by atomic mass is 10.2. The highest BCUT2D eigenvalue weighted by Crippen LogP contribution is 1.99. The van der Waals surface area contributed by atoms with Crippen LogP contribution in [0.2, 0.25) is 0 Å². The van der Waals surface area contributed by atoms with Crippen LogP contribution in [0.1, 0.15) is 16.1 Å². The van der Waals surface area contributed by atoms with Gasteiger partial charge in [-0.1, -0.05) is 0 Å². The molecular formula is C11H13N3O3. The van der Waals surface area contributed by atoms with Gasteiger partial charge in [-0.3, -0.25) is 4.79 Å². The first kappa shape index (κ1) is 13.1. The summed E-state index contributed by atoms with van der Waals surface area (Å²) in [5.74, 6) is -0.339. The van der Waals surface area contributed by atoms with Crippen LogP contribution in [-0.4, -0.2) is 37.9 Å². The third-order valence-corrected chi connectivity index (χ3v) is 2.08. The quantitative estimate of drug-likeness (QED) is 0.742. The maximum absolute atomic E-state index is 11.6. The van der Waals surface area contributed by atoms with E-state index in [0.717, 1.165) is 0 Å². The predicted molar refractivity (Wildman–Crippen MR) is 59.1 cm³/mol. The number of ether oxygens (including phenoxy) is 2. The van der Waals surface area contributed by atoms with E-state index in [9.17, 15) is 4.79 Å². The standard InChI is InChI=1S/C11H13N3O3/c1-16-10(17-2)7-14-11(15)9-4-3-8(5-12)6-13-9/h3-4,6,10H,7H2,1-2H3,(H,14,15). The summed E-state index contributed by atoms with van der Waals surface area (Å²) in [6.07, 6.45) is 0.858. The number of hydrogen-bond donors (Lipinski definition) is 1. The van der Waals surface area contributed by atoms with Crippen molar-refractivity contribution < 1.29 is 14.3 Å². The van der Waals surface area contributed by atoms with Gasteiger partial charge in [0.05, 0.1) is 12.1 Å². The Hall–Kier alpha value is -1.97. The number of hydrogen-bond acceptors (Lipinski definition) is 5. The lowest BCUT2D eigenvalue weighted by Crippen LogP contribution is -2.34. The molecule has 1 amide bonds. The molecule has 0 bridgehead atoms. The van der Waals surface area contributed by atoms with Crippen molar-refractivity contribution in [2.24, 2.45) is 0 Å². The number of carbonyl (C=O) groups is 1. The number of nitrogens with zero attached hydrogens (tertiary/aromatic N) is 2. The molecule has 0 aliphatic rings. The van der Waals surface area contributed by atoms with Crippen molar-refractivity contribution in [3.05, 3.63) is 29.6 Å². The molecule has 17 heavy (non-hydrogen) atoms. The largest absolute Gasteiger partial charge is 0.354 e. The molecular weight excluding hydrogens is 222 g/mol. The van der Waals surface area contributed by atoms with Gasteiger partial charge in [-0.25, -0.2) is 4.98 Å². The molecule has 1 aromatic rings. The smallest absolute Gasteiger partial charge is 0.270 e. The number of rotatable bonds is 5.